The summed E-state index contributed by atoms with van der Waals surface area (Å²) in [5.74, 6) is 0.727. The lowest BCUT2D eigenvalue weighted by atomic mass is 10.1. The van der Waals surface area contributed by atoms with E-state index in [1.54, 1.807) is 6.07 Å². The largest absolute Gasteiger partial charge is 0.337 e. The number of aromatic nitrogens is 1. The summed E-state index contributed by atoms with van der Waals surface area (Å²) in [5, 5.41) is 2.80. The van der Waals surface area contributed by atoms with Crippen molar-refractivity contribution in [2.24, 2.45) is 0 Å². The molecule has 0 saturated carbocycles. The molecule has 2 aliphatic heterocycles. The number of amides is 2. The predicted octanol–water partition coefficient (Wildman–Crippen LogP) is 1.09. The van der Waals surface area contributed by atoms with Crippen molar-refractivity contribution >= 4 is 33.6 Å². The van der Waals surface area contributed by atoms with Gasteiger partial charge in [-0.3, -0.25) is 14.5 Å². The van der Waals surface area contributed by atoms with E-state index in [1.165, 1.54) is 0 Å². The standard InChI is InChI=1S/C14H17BrN4O2/c15-11-2-1-3-12(16-11)17-13(20)9-18-6-7-19-10(8-18)4-5-14(19)21/h1-3,10H,4-9H2,(H,16,17,20). The van der Waals surface area contributed by atoms with E-state index in [0.717, 1.165) is 26.1 Å². The molecule has 0 aromatic carbocycles. The second kappa shape index (κ2) is 6.11. The molecule has 1 unspecified atom stereocenters. The summed E-state index contributed by atoms with van der Waals surface area (Å²) in [6.07, 6.45) is 1.55. The topological polar surface area (TPSA) is 65.5 Å². The van der Waals surface area contributed by atoms with Gasteiger partial charge >= 0.3 is 0 Å². The molecule has 0 radical (unpaired) electrons. The van der Waals surface area contributed by atoms with Crippen LogP contribution in [0.1, 0.15) is 12.8 Å². The third-order valence-electron chi connectivity index (χ3n) is 3.93. The summed E-state index contributed by atoms with van der Waals surface area (Å²) in [6.45, 7) is 2.60. The molecule has 112 valence electrons. The van der Waals surface area contributed by atoms with Gasteiger partial charge in [-0.25, -0.2) is 4.98 Å². The normalized spacial score (nSPS) is 22.2. The monoisotopic (exact) mass is 352 g/mol. The Morgan fingerprint density at radius 1 is 1.43 bits per heavy atom. The summed E-state index contributed by atoms with van der Waals surface area (Å²) >= 11 is 3.28. The van der Waals surface area contributed by atoms with Crippen LogP contribution in [-0.2, 0) is 9.59 Å². The Balaban J connectivity index is 1.53. The molecule has 3 heterocycles. The lowest BCUT2D eigenvalue weighted by molar-refractivity contribution is -0.130. The van der Waals surface area contributed by atoms with Crippen LogP contribution >= 0.6 is 15.9 Å². The van der Waals surface area contributed by atoms with Crippen LogP contribution in [0.4, 0.5) is 5.82 Å². The number of piperazine rings is 1. The van der Waals surface area contributed by atoms with Crippen LogP contribution in [0.5, 0.6) is 0 Å². The van der Waals surface area contributed by atoms with Crippen LogP contribution in [0.25, 0.3) is 0 Å². The maximum absolute atomic E-state index is 12.1. The Morgan fingerprint density at radius 3 is 3.10 bits per heavy atom. The maximum atomic E-state index is 12.1. The maximum Gasteiger partial charge on any atom is 0.239 e. The van der Waals surface area contributed by atoms with Crippen LogP contribution in [0, 0.1) is 0 Å². The third kappa shape index (κ3) is 3.41. The van der Waals surface area contributed by atoms with E-state index in [-0.39, 0.29) is 17.9 Å². The molecule has 3 rings (SSSR count). The molecule has 1 atom stereocenters. The van der Waals surface area contributed by atoms with Gasteiger partial charge in [0.1, 0.15) is 10.4 Å². The molecule has 21 heavy (non-hydrogen) atoms. The van der Waals surface area contributed by atoms with Crippen LogP contribution in [0.15, 0.2) is 22.8 Å². The van der Waals surface area contributed by atoms with Crippen molar-refractivity contribution in [1.29, 1.82) is 0 Å². The molecule has 1 aromatic heterocycles. The van der Waals surface area contributed by atoms with Crippen molar-refractivity contribution in [2.45, 2.75) is 18.9 Å². The Bertz CT molecular complexity index is 566. The van der Waals surface area contributed by atoms with E-state index in [1.807, 2.05) is 17.0 Å². The summed E-state index contributed by atoms with van der Waals surface area (Å²) in [7, 11) is 0. The fourth-order valence-corrected chi connectivity index (χ4v) is 3.28. The molecule has 0 aliphatic carbocycles. The van der Waals surface area contributed by atoms with E-state index in [2.05, 4.69) is 31.1 Å². The third-order valence-corrected chi connectivity index (χ3v) is 4.37. The van der Waals surface area contributed by atoms with E-state index in [0.29, 0.717) is 23.4 Å². The van der Waals surface area contributed by atoms with Gasteiger partial charge in [-0.2, -0.15) is 0 Å². The highest BCUT2D eigenvalue weighted by atomic mass is 79.9. The Labute approximate surface area is 131 Å². The van der Waals surface area contributed by atoms with E-state index >= 15 is 0 Å². The fourth-order valence-electron chi connectivity index (χ4n) is 2.94. The van der Waals surface area contributed by atoms with Gasteiger partial charge in [0.05, 0.1) is 6.54 Å². The molecule has 2 fully saturated rings. The zero-order valence-corrected chi connectivity index (χ0v) is 13.2. The van der Waals surface area contributed by atoms with Crippen molar-refractivity contribution in [3.63, 3.8) is 0 Å². The van der Waals surface area contributed by atoms with Crippen LogP contribution in [0.2, 0.25) is 0 Å². The highest BCUT2D eigenvalue weighted by Gasteiger charge is 2.35. The molecular formula is C14H17BrN4O2. The molecule has 2 aliphatic rings. The van der Waals surface area contributed by atoms with Crippen molar-refractivity contribution in [3.8, 4) is 0 Å². The summed E-state index contributed by atoms with van der Waals surface area (Å²) in [6, 6.07) is 5.68. The Morgan fingerprint density at radius 2 is 2.29 bits per heavy atom. The predicted molar refractivity (Wildman–Crippen MR) is 81.7 cm³/mol. The van der Waals surface area contributed by atoms with Gasteiger partial charge < -0.3 is 10.2 Å². The minimum absolute atomic E-state index is 0.0710. The smallest absolute Gasteiger partial charge is 0.239 e. The number of hydrogen-bond acceptors (Lipinski definition) is 4. The highest BCUT2D eigenvalue weighted by Crippen LogP contribution is 2.22. The van der Waals surface area contributed by atoms with Gasteiger partial charge in [-0.15, -0.1) is 0 Å². The number of fused-ring (bicyclic) bond motifs is 1. The molecule has 0 spiro atoms. The quantitative estimate of drug-likeness (QED) is 0.827. The first-order valence-corrected chi connectivity index (χ1v) is 7.85. The van der Waals surface area contributed by atoms with Crippen molar-refractivity contribution < 1.29 is 9.59 Å². The zero-order valence-electron chi connectivity index (χ0n) is 11.6. The molecular weight excluding hydrogens is 336 g/mol. The molecule has 7 heteroatoms. The molecule has 1 aromatic rings. The van der Waals surface area contributed by atoms with Gasteiger partial charge in [0.2, 0.25) is 11.8 Å². The number of halogens is 1. The van der Waals surface area contributed by atoms with Crippen molar-refractivity contribution in [3.05, 3.63) is 22.8 Å². The van der Waals surface area contributed by atoms with Gasteiger partial charge in [0, 0.05) is 32.1 Å². The van der Waals surface area contributed by atoms with Gasteiger partial charge in [-0.05, 0) is 34.5 Å². The summed E-state index contributed by atoms with van der Waals surface area (Å²) in [5.41, 5.74) is 0. The van der Waals surface area contributed by atoms with E-state index in [9.17, 15) is 9.59 Å². The van der Waals surface area contributed by atoms with Crippen LogP contribution in [0.3, 0.4) is 0 Å². The molecule has 2 saturated heterocycles. The van der Waals surface area contributed by atoms with Crippen molar-refractivity contribution in [1.82, 2.24) is 14.8 Å². The van der Waals surface area contributed by atoms with Crippen molar-refractivity contribution in [2.75, 3.05) is 31.5 Å². The minimum atomic E-state index is -0.0710. The Hall–Kier alpha value is -1.47. The second-order valence-electron chi connectivity index (χ2n) is 5.41. The number of anilines is 1. The molecule has 6 nitrogen and oxygen atoms in total. The van der Waals surface area contributed by atoms with E-state index < -0.39 is 0 Å². The first-order valence-electron chi connectivity index (χ1n) is 7.06. The first kappa shape index (κ1) is 14.5. The number of pyridine rings is 1. The molecule has 1 N–H and O–H groups in total. The van der Waals surface area contributed by atoms with Crippen LogP contribution < -0.4 is 5.32 Å². The van der Waals surface area contributed by atoms with E-state index in [4.69, 9.17) is 0 Å². The zero-order chi connectivity index (χ0) is 14.8. The number of carbonyl (C=O) groups is 2. The summed E-state index contributed by atoms with van der Waals surface area (Å²) < 4.78 is 0.693. The summed E-state index contributed by atoms with van der Waals surface area (Å²) in [4.78, 5) is 31.9. The average molecular weight is 353 g/mol. The minimum Gasteiger partial charge on any atom is -0.337 e. The average Bonchev–Trinajstić information content (AvgIpc) is 2.80. The first-order chi connectivity index (χ1) is 10.1. The number of carbonyl (C=O) groups excluding carboxylic acids is 2. The second-order valence-corrected chi connectivity index (χ2v) is 6.22. The molecule has 2 amide bonds. The van der Waals surface area contributed by atoms with Gasteiger partial charge in [0.25, 0.3) is 0 Å². The number of rotatable bonds is 3. The number of nitrogens with one attached hydrogen (secondary N) is 1. The van der Waals surface area contributed by atoms with Crippen LogP contribution in [-0.4, -0.2) is 58.8 Å². The fraction of sp³-hybridized carbons (Fsp3) is 0.500. The lowest BCUT2D eigenvalue weighted by Crippen LogP contribution is -2.52. The number of hydrogen-bond donors (Lipinski definition) is 1. The molecule has 0 bridgehead atoms. The van der Waals surface area contributed by atoms with Gasteiger partial charge in [0.15, 0.2) is 0 Å². The Kier molecular flexibility index (Phi) is 4.21. The van der Waals surface area contributed by atoms with Gasteiger partial charge in [-0.1, -0.05) is 6.07 Å². The SMILES string of the molecule is O=C(CN1CCN2C(=O)CCC2C1)Nc1cccc(Br)n1. The highest BCUT2D eigenvalue weighted by molar-refractivity contribution is 9.10. The lowest BCUT2D eigenvalue weighted by Gasteiger charge is -2.37. The number of nitrogens with zero attached hydrogens (tertiary/aromatic N) is 3.